The highest BCUT2D eigenvalue weighted by atomic mass is 79.9. The van der Waals surface area contributed by atoms with Crippen molar-refractivity contribution in [3.8, 4) is 0 Å². The Labute approximate surface area is 132 Å². The van der Waals surface area contributed by atoms with Crippen LogP contribution in [0.15, 0.2) is 28.7 Å². The summed E-state index contributed by atoms with van der Waals surface area (Å²) in [7, 11) is 0. The smallest absolute Gasteiger partial charge is 0.252 e. The van der Waals surface area contributed by atoms with Gasteiger partial charge in [-0.25, -0.2) is 0 Å². The Balaban J connectivity index is 1.87. The maximum absolute atomic E-state index is 12.5. The van der Waals surface area contributed by atoms with Crippen LogP contribution in [0.3, 0.4) is 0 Å². The van der Waals surface area contributed by atoms with Gasteiger partial charge in [-0.05, 0) is 49.9 Å². The van der Waals surface area contributed by atoms with Gasteiger partial charge in [0.25, 0.3) is 5.91 Å². The number of benzene rings is 1. The molecule has 4 nitrogen and oxygen atoms in total. The van der Waals surface area contributed by atoms with Crippen molar-refractivity contribution in [3.63, 3.8) is 0 Å². The molecule has 0 aliphatic heterocycles. The highest BCUT2D eigenvalue weighted by Crippen LogP contribution is 2.31. The van der Waals surface area contributed by atoms with Gasteiger partial charge in [0.2, 0.25) is 0 Å². The molecule has 3 N–H and O–H groups in total. The normalized spacial score (nSPS) is 16.0. The molecule has 0 bridgehead atoms. The van der Waals surface area contributed by atoms with Crippen molar-refractivity contribution in [2.24, 2.45) is 11.7 Å². The highest BCUT2D eigenvalue weighted by Gasteiger charge is 2.28. The molecule has 1 aliphatic carbocycles. The fourth-order valence-corrected chi connectivity index (χ4v) is 2.88. The van der Waals surface area contributed by atoms with E-state index < -0.39 is 0 Å². The molecule has 3 rings (SSSR count). The Morgan fingerprint density at radius 2 is 2.24 bits per heavy atom. The lowest BCUT2D eigenvalue weighted by Gasteiger charge is -2.13. The molecule has 1 aromatic heterocycles. The molecular weight excluding hydrogens is 330 g/mol. The fraction of sp³-hybridized carbons (Fsp3) is 0.375. The number of fused-ring (bicyclic) bond motifs is 1. The van der Waals surface area contributed by atoms with Gasteiger partial charge in [0.15, 0.2) is 0 Å². The number of aromatic nitrogens is 1. The third-order valence-corrected chi connectivity index (χ3v) is 4.36. The van der Waals surface area contributed by atoms with Crippen molar-refractivity contribution in [1.29, 1.82) is 0 Å². The van der Waals surface area contributed by atoms with Crippen LogP contribution in [0, 0.1) is 12.8 Å². The third-order valence-electron chi connectivity index (χ3n) is 3.87. The maximum Gasteiger partial charge on any atom is 0.252 e. The van der Waals surface area contributed by atoms with Crippen LogP contribution in [0.25, 0.3) is 10.9 Å². The summed E-state index contributed by atoms with van der Waals surface area (Å²) in [6.07, 6.45) is 2.36. The Morgan fingerprint density at radius 3 is 2.95 bits per heavy atom. The van der Waals surface area contributed by atoms with Gasteiger partial charge in [0.1, 0.15) is 0 Å². The Morgan fingerprint density at radius 1 is 1.48 bits per heavy atom. The van der Waals surface area contributed by atoms with E-state index in [0.717, 1.165) is 21.1 Å². The van der Waals surface area contributed by atoms with E-state index in [0.29, 0.717) is 18.0 Å². The van der Waals surface area contributed by atoms with Crippen molar-refractivity contribution in [1.82, 2.24) is 10.3 Å². The van der Waals surface area contributed by atoms with E-state index in [1.54, 1.807) is 0 Å². The molecule has 1 atom stereocenters. The molecule has 2 aromatic rings. The quantitative estimate of drug-likeness (QED) is 0.893. The zero-order valence-electron chi connectivity index (χ0n) is 11.9. The summed E-state index contributed by atoms with van der Waals surface area (Å²) < 4.78 is 0.935. The summed E-state index contributed by atoms with van der Waals surface area (Å²) in [6, 6.07) is 7.66. The monoisotopic (exact) mass is 347 g/mol. The first-order chi connectivity index (χ1) is 10.0. The lowest BCUT2D eigenvalue weighted by atomic mass is 10.1. The molecule has 110 valence electrons. The molecule has 5 heteroatoms. The first-order valence-electron chi connectivity index (χ1n) is 7.15. The number of rotatable bonds is 4. The molecule has 1 unspecified atom stereocenters. The number of hydrogen-bond donors (Lipinski definition) is 2. The van der Waals surface area contributed by atoms with Crippen LogP contribution < -0.4 is 11.1 Å². The highest BCUT2D eigenvalue weighted by molar-refractivity contribution is 9.10. The van der Waals surface area contributed by atoms with Crippen molar-refractivity contribution in [2.45, 2.75) is 25.8 Å². The summed E-state index contributed by atoms with van der Waals surface area (Å²) in [5, 5.41) is 3.81. The van der Waals surface area contributed by atoms with Gasteiger partial charge in [-0.3, -0.25) is 9.78 Å². The maximum atomic E-state index is 12.5. The number of hydrogen-bond acceptors (Lipinski definition) is 3. The van der Waals surface area contributed by atoms with Crippen molar-refractivity contribution in [3.05, 3.63) is 40.0 Å². The zero-order chi connectivity index (χ0) is 15.0. The van der Waals surface area contributed by atoms with Gasteiger partial charge in [-0.1, -0.05) is 15.9 Å². The predicted molar refractivity (Wildman–Crippen MR) is 87.2 cm³/mol. The lowest BCUT2D eigenvalue weighted by Crippen LogP contribution is -2.38. The SMILES string of the molecule is Cc1cc(C(=O)NCC(N)C2CC2)c2cc(Br)ccc2n1. The van der Waals surface area contributed by atoms with Crippen LogP contribution in [-0.4, -0.2) is 23.5 Å². The largest absolute Gasteiger partial charge is 0.350 e. The molecule has 0 saturated heterocycles. The topological polar surface area (TPSA) is 68.0 Å². The summed E-state index contributed by atoms with van der Waals surface area (Å²) in [6.45, 7) is 2.43. The number of nitrogens with zero attached hydrogens (tertiary/aromatic N) is 1. The molecule has 1 heterocycles. The first-order valence-corrected chi connectivity index (χ1v) is 7.94. The second-order valence-electron chi connectivity index (χ2n) is 5.68. The molecule has 0 spiro atoms. The number of halogens is 1. The number of pyridine rings is 1. The number of nitrogens with one attached hydrogen (secondary N) is 1. The molecule has 21 heavy (non-hydrogen) atoms. The summed E-state index contributed by atoms with van der Waals surface area (Å²) in [5.74, 6) is 0.495. The molecule has 1 aromatic carbocycles. The predicted octanol–water partition coefficient (Wildman–Crippen LogP) is 2.77. The van der Waals surface area contributed by atoms with Gasteiger partial charge < -0.3 is 11.1 Å². The van der Waals surface area contributed by atoms with Gasteiger partial charge in [0, 0.05) is 28.1 Å². The average Bonchev–Trinajstić information content (AvgIpc) is 3.28. The second-order valence-corrected chi connectivity index (χ2v) is 6.60. The van der Waals surface area contributed by atoms with Crippen LogP contribution in [0.5, 0.6) is 0 Å². The van der Waals surface area contributed by atoms with Crippen LogP contribution in [0.2, 0.25) is 0 Å². The lowest BCUT2D eigenvalue weighted by molar-refractivity contribution is 0.0952. The second kappa shape index (κ2) is 5.73. The Bertz CT molecular complexity index is 697. The minimum Gasteiger partial charge on any atom is -0.350 e. The zero-order valence-corrected chi connectivity index (χ0v) is 13.5. The minimum absolute atomic E-state index is 0.0647. The van der Waals surface area contributed by atoms with E-state index in [9.17, 15) is 4.79 Å². The third kappa shape index (κ3) is 3.24. The van der Waals surface area contributed by atoms with Crippen molar-refractivity contribution < 1.29 is 4.79 Å². The van der Waals surface area contributed by atoms with Gasteiger partial charge in [-0.15, -0.1) is 0 Å². The first kappa shape index (κ1) is 14.5. The van der Waals surface area contributed by atoms with Crippen LogP contribution in [0.4, 0.5) is 0 Å². The molecule has 0 radical (unpaired) electrons. The van der Waals surface area contributed by atoms with Gasteiger partial charge >= 0.3 is 0 Å². The van der Waals surface area contributed by atoms with E-state index in [1.807, 2.05) is 31.2 Å². The molecule has 1 aliphatic rings. The van der Waals surface area contributed by atoms with E-state index in [2.05, 4.69) is 26.2 Å². The molecule has 1 saturated carbocycles. The summed E-state index contributed by atoms with van der Waals surface area (Å²) in [5.41, 5.74) is 8.36. The van der Waals surface area contributed by atoms with Gasteiger partial charge in [-0.2, -0.15) is 0 Å². The Kier molecular flexibility index (Phi) is 3.95. The van der Waals surface area contributed by atoms with E-state index in [-0.39, 0.29) is 11.9 Å². The van der Waals surface area contributed by atoms with E-state index >= 15 is 0 Å². The molecule has 1 fully saturated rings. The number of aryl methyl sites for hydroxylation is 1. The van der Waals surface area contributed by atoms with Crippen molar-refractivity contribution in [2.75, 3.05) is 6.54 Å². The van der Waals surface area contributed by atoms with Crippen molar-refractivity contribution >= 4 is 32.7 Å². The number of carbonyl (C=O) groups is 1. The summed E-state index contributed by atoms with van der Waals surface area (Å²) >= 11 is 3.44. The average molecular weight is 348 g/mol. The minimum atomic E-state index is -0.0836. The van der Waals surface area contributed by atoms with Gasteiger partial charge in [0.05, 0.1) is 11.1 Å². The van der Waals surface area contributed by atoms with E-state index in [4.69, 9.17) is 5.73 Å². The summed E-state index contributed by atoms with van der Waals surface area (Å²) in [4.78, 5) is 16.9. The van der Waals surface area contributed by atoms with E-state index in [1.165, 1.54) is 12.8 Å². The van der Waals surface area contributed by atoms with Crippen LogP contribution in [-0.2, 0) is 0 Å². The standard InChI is InChI=1S/C16H18BrN3O/c1-9-6-13(12-7-11(17)4-5-15(12)20-9)16(21)19-8-14(18)10-2-3-10/h4-7,10,14H,2-3,8,18H2,1H3,(H,19,21). The number of amides is 1. The fourth-order valence-electron chi connectivity index (χ4n) is 2.52. The number of nitrogens with two attached hydrogens (primary N) is 1. The molecular formula is C16H18BrN3O. The number of carbonyl (C=O) groups excluding carboxylic acids is 1. The van der Waals surface area contributed by atoms with Crippen LogP contribution >= 0.6 is 15.9 Å². The Hall–Kier alpha value is -1.46. The molecule has 1 amide bonds. The van der Waals surface area contributed by atoms with Crippen LogP contribution in [0.1, 0.15) is 28.9 Å².